The summed E-state index contributed by atoms with van der Waals surface area (Å²) in [5, 5.41) is 27.4. The first kappa shape index (κ1) is 12.3. The highest BCUT2D eigenvalue weighted by Gasteiger charge is 2.56. The molecule has 2 N–H and O–H groups in total. The molecule has 0 aromatic carbocycles. The zero-order chi connectivity index (χ0) is 13.6. The normalized spacial score (nSPS) is 27.4. The number of carbonyl (C=O) groups is 2. The van der Waals surface area contributed by atoms with Gasteiger partial charge in [0.2, 0.25) is 5.91 Å². The molecule has 2 aliphatic heterocycles. The molecule has 0 unspecified atom stereocenters. The number of amides is 1. The van der Waals surface area contributed by atoms with Crippen LogP contribution in [-0.4, -0.2) is 39.1 Å². The van der Waals surface area contributed by atoms with Crippen LogP contribution < -0.4 is 0 Å². The molecule has 0 spiro atoms. The number of carboxylic acid groups (broad SMARTS) is 1. The van der Waals surface area contributed by atoms with Crippen LogP contribution >= 0.6 is 0 Å². The van der Waals surface area contributed by atoms with E-state index in [2.05, 4.69) is 6.58 Å². The van der Waals surface area contributed by atoms with Crippen molar-refractivity contribution in [3.63, 3.8) is 0 Å². The van der Waals surface area contributed by atoms with Crippen LogP contribution in [0.4, 0.5) is 0 Å². The van der Waals surface area contributed by atoms with Gasteiger partial charge in [-0.15, -0.1) is 0 Å². The predicted octanol–water partition coefficient (Wildman–Crippen LogP) is 0.0164. The van der Waals surface area contributed by atoms with Gasteiger partial charge < -0.3 is 15.1 Å². The van der Waals surface area contributed by atoms with Crippen LogP contribution in [-0.2, 0) is 9.59 Å². The van der Waals surface area contributed by atoms with Crippen LogP contribution in [0.1, 0.15) is 13.3 Å². The fourth-order valence-electron chi connectivity index (χ4n) is 2.61. The summed E-state index contributed by atoms with van der Waals surface area (Å²) in [7, 11) is 0. The number of hydrogen-bond donors (Lipinski definition) is 2. The van der Waals surface area contributed by atoms with Crippen LogP contribution in [0.2, 0.25) is 0 Å². The Labute approximate surface area is 103 Å². The number of aliphatic hydroxyl groups excluding tert-OH is 1. The van der Waals surface area contributed by atoms with E-state index in [4.69, 9.17) is 10.4 Å². The molecule has 1 amide bonds. The first-order valence-corrected chi connectivity index (χ1v) is 5.47. The number of β-lactam (4-membered cyclic amide) rings is 1. The third kappa shape index (κ3) is 1.45. The number of fused-ring (bicyclic) bond motifs is 1. The maximum atomic E-state index is 11.8. The van der Waals surface area contributed by atoms with E-state index in [9.17, 15) is 14.7 Å². The number of nitrogens with zero attached hydrogens (tertiary/aromatic N) is 2. The van der Waals surface area contributed by atoms with Gasteiger partial charge in [-0.3, -0.25) is 4.79 Å². The zero-order valence-corrected chi connectivity index (χ0v) is 9.75. The van der Waals surface area contributed by atoms with Crippen molar-refractivity contribution < 1.29 is 19.8 Å². The van der Waals surface area contributed by atoms with Crippen molar-refractivity contribution in [2.45, 2.75) is 25.5 Å². The fraction of sp³-hybridized carbons (Fsp3) is 0.417. The standard InChI is InChI=1S/C12H12N2O4/c1-5(4-13)7-3-8-9(6(2)15)11(16)14(8)10(7)12(17)18/h6,8-9,15H,1,3H2,2H3,(H,17,18)/t6-,8-,9-/m1/s1. The zero-order valence-electron chi connectivity index (χ0n) is 9.75. The van der Waals surface area contributed by atoms with Crippen LogP contribution in [0.15, 0.2) is 23.4 Å². The number of allylic oxidation sites excluding steroid dienone is 1. The van der Waals surface area contributed by atoms with Crippen LogP contribution in [0.3, 0.4) is 0 Å². The lowest BCUT2D eigenvalue weighted by Gasteiger charge is -2.44. The Morgan fingerprint density at radius 1 is 1.67 bits per heavy atom. The summed E-state index contributed by atoms with van der Waals surface area (Å²) in [4.78, 5) is 24.1. The van der Waals surface area contributed by atoms with Crippen molar-refractivity contribution in [3.8, 4) is 6.07 Å². The van der Waals surface area contributed by atoms with Gasteiger partial charge in [-0.2, -0.15) is 5.26 Å². The average molecular weight is 248 g/mol. The summed E-state index contributed by atoms with van der Waals surface area (Å²) in [6.07, 6.45) is -0.571. The lowest BCUT2D eigenvalue weighted by molar-refractivity contribution is -0.161. The largest absolute Gasteiger partial charge is 0.477 e. The third-order valence-electron chi connectivity index (χ3n) is 3.43. The van der Waals surface area contributed by atoms with E-state index in [0.717, 1.165) is 4.90 Å². The second-order valence-electron chi connectivity index (χ2n) is 4.47. The van der Waals surface area contributed by atoms with Crippen molar-refractivity contribution >= 4 is 11.9 Å². The Bertz CT molecular complexity index is 527. The lowest BCUT2D eigenvalue weighted by Crippen LogP contribution is -2.61. The number of aliphatic carboxylic acids is 1. The molecule has 2 heterocycles. The van der Waals surface area contributed by atoms with E-state index in [-0.39, 0.29) is 29.3 Å². The molecular weight excluding hydrogens is 236 g/mol. The highest BCUT2D eigenvalue weighted by Crippen LogP contribution is 2.45. The van der Waals surface area contributed by atoms with E-state index in [0.29, 0.717) is 0 Å². The summed E-state index contributed by atoms with van der Waals surface area (Å²) in [6.45, 7) is 4.99. The minimum atomic E-state index is -1.25. The molecule has 0 aromatic rings. The quantitative estimate of drug-likeness (QED) is 0.541. The topological polar surface area (TPSA) is 102 Å². The van der Waals surface area contributed by atoms with Crippen molar-refractivity contribution in [1.82, 2.24) is 4.90 Å². The Balaban J connectivity index is 2.40. The van der Waals surface area contributed by atoms with Crippen molar-refractivity contribution in [3.05, 3.63) is 23.4 Å². The molecule has 0 saturated carbocycles. The van der Waals surface area contributed by atoms with E-state index >= 15 is 0 Å². The number of carboxylic acids is 1. The first-order chi connectivity index (χ1) is 8.40. The van der Waals surface area contributed by atoms with Crippen LogP contribution in [0.25, 0.3) is 0 Å². The van der Waals surface area contributed by atoms with Gasteiger partial charge in [0.1, 0.15) is 5.70 Å². The van der Waals surface area contributed by atoms with Gasteiger partial charge in [-0.1, -0.05) is 6.58 Å². The molecule has 94 valence electrons. The van der Waals surface area contributed by atoms with Gasteiger partial charge in [0.25, 0.3) is 0 Å². The molecule has 2 rings (SSSR count). The van der Waals surface area contributed by atoms with Gasteiger partial charge in [0.05, 0.1) is 29.7 Å². The molecule has 6 heteroatoms. The molecule has 0 aliphatic carbocycles. The number of hydrogen-bond acceptors (Lipinski definition) is 4. The molecule has 0 aromatic heterocycles. The highest BCUT2D eigenvalue weighted by molar-refractivity contribution is 6.00. The van der Waals surface area contributed by atoms with Crippen molar-refractivity contribution in [1.29, 1.82) is 5.26 Å². The lowest BCUT2D eigenvalue weighted by atomic mass is 9.82. The Kier molecular flexibility index (Phi) is 2.71. The summed E-state index contributed by atoms with van der Waals surface area (Å²) < 4.78 is 0. The Hall–Kier alpha value is -2.13. The van der Waals surface area contributed by atoms with Crippen LogP contribution in [0, 0.1) is 17.2 Å². The SMILES string of the molecule is C=C(C#N)C1=C(C(=O)O)N2C(=O)[C@H]([C@@H](C)O)[C@H]2C1. The van der Waals surface area contributed by atoms with Gasteiger partial charge in [0.15, 0.2) is 0 Å². The second kappa shape index (κ2) is 3.96. The van der Waals surface area contributed by atoms with E-state index in [1.165, 1.54) is 6.92 Å². The molecule has 3 atom stereocenters. The summed E-state index contributed by atoms with van der Waals surface area (Å²) >= 11 is 0. The number of rotatable bonds is 3. The minimum absolute atomic E-state index is 0.0546. The smallest absolute Gasteiger partial charge is 0.352 e. The summed E-state index contributed by atoms with van der Waals surface area (Å²) in [5.41, 5.74) is 0.166. The Morgan fingerprint density at radius 2 is 2.28 bits per heavy atom. The van der Waals surface area contributed by atoms with Gasteiger partial charge >= 0.3 is 5.97 Å². The third-order valence-corrected chi connectivity index (χ3v) is 3.43. The molecule has 0 radical (unpaired) electrons. The molecule has 1 fully saturated rings. The molecule has 0 bridgehead atoms. The Morgan fingerprint density at radius 3 is 2.72 bits per heavy atom. The molecule has 18 heavy (non-hydrogen) atoms. The summed E-state index contributed by atoms with van der Waals surface area (Å²) in [6, 6.07) is 1.43. The van der Waals surface area contributed by atoms with Crippen LogP contribution in [0.5, 0.6) is 0 Å². The van der Waals surface area contributed by atoms with Gasteiger partial charge in [-0.05, 0) is 13.3 Å². The predicted molar refractivity (Wildman–Crippen MR) is 59.8 cm³/mol. The van der Waals surface area contributed by atoms with E-state index in [1.54, 1.807) is 6.07 Å². The first-order valence-electron chi connectivity index (χ1n) is 5.47. The monoisotopic (exact) mass is 248 g/mol. The van der Waals surface area contributed by atoms with Gasteiger partial charge in [0, 0.05) is 5.57 Å². The average Bonchev–Trinajstić information content (AvgIpc) is 2.62. The maximum Gasteiger partial charge on any atom is 0.352 e. The van der Waals surface area contributed by atoms with E-state index < -0.39 is 23.9 Å². The number of carbonyl (C=O) groups excluding carboxylic acids is 1. The molecule has 2 aliphatic rings. The van der Waals surface area contributed by atoms with Crippen molar-refractivity contribution in [2.24, 2.45) is 5.92 Å². The maximum absolute atomic E-state index is 11.8. The molecule has 6 nitrogen and oxygen atoms in total. The van der Waals surface area contributed by atoms with E-state index in [1.807, 2.05) is 0 Å². The second-order valence-corrected chi connectivity index (χ2v) is 4.47. The number of aliphatic hydroxyl groups is 1. The highest BCUT2D eigenvalue weighted by atomic mass is 16.4. The fourth-order valence-corrected chi connectivity index (χ4v) is 2.61. The molecule has 1 saturated heterocycles. The molecular formula is C12H12N2O4. The number of nitriles is 1. The minimum Gasteiger partial charge on any atom is -0.477 e. The summed E-state index contributed by atoms with van der Waals surface area (Å²) in [5.74, 6) is -2.25. The van der Waals surface area contributed by atoms with Crippen molar-refractivity contribution in [2.75, 3.05) is 0 Å². The van der Waals surface area contributed by atoms with Gasteiger partial charge in [-0.25, -0.2) is 4.79 Å².